The van der Waals surface area contributed by atoms with Gasteiger partial charge in [0, 0.05) is 42.5 Å². The molecule has 150 valence electrons. The number of hydrogen-bond donors (Lipinski definition) is 2. The van der Waals surface area contributed by atoms with Gasteiger partial charge >= 0.3 is 0 Å². The summed E-state index contributed by atoms with van der Waals surface area (Å²) in [6, 6.07) is 10.6. The summed E-state index contributed by atoms with van der Waals surface area (Å²) in [6.45, 7) is 2.58. The van der Waals surface area contributed by atoms with E-state index in [0.717, 1.165) is 34.3 Å². The molecule has 0 aliphatic carbocycles. The van der Waals surface area contributed by atoms with Gasteiger partial charge in [0.05, 0.1) is 10.5 Å². The number of aromatic nitrogens is 1. The summed E-state index contributed by atoms with van der Waals surface area (Å²) < 4.78 is 21.5. The number of nitrogens with zero attached hydrogens (tertiary/aromatic N) is 2. The van der Waals surface area contributed by atoms with Gasteiger partial charge in [-0.15, -0.1) is 0 Å². The summed E-state index contributed by atoms with van der Waals surface area (Å²) in [5.74, 6) is 0.447. The van der Waals surface area contributed by atoms with Gasteiger partial charge in [-0.2, -0.15) is 0 Å². The molecule has 0 bridgehead atoms. The highest BCUT2D eigenvalue weighted by molar-refractivity contribution is 6.32. The molecule has 2 heterocycles. The van der Waals surface area contributed by atoms with Crippen LogP contribution in [0.2, 0.25) is 5.02 Å². The van der Waals surface area contributed by atoms with Gasteiger partial charge in [0.15, 0.2) is 0 Å². The quantitative estimate of drug-likeness (QED) is 0.637. The van der Waals surface area contributed by atoms with Crippen molar-refractivity contribution in [1.82, 2.24) is 9.47 Å². The zero-order chi connectivity index (χ0) is 20.4. The van der Waals surface area contributed by atoms with Gasteiger partial charge < -0.3 is 20.8 Å². The second kappa shape index (κ2) is 8.19. The number of benzene rings is 2. The molecule has 3 aromatic rings. The molecule has 2 aromatic carbocycles. The van der Waals surface area contributed by atoms with Crippen molar-refractivity contribution in [3.8, 4) is 11.4 Å². The van der Waals surface area contributed by atoms with E-state index in [0.29, 0.717) is 30.5 Å². The van der Waals surface area contributed by atoms with Gasteiger partial charge in [0.1, 0.15) is 18.2 Å². The normalized spacial score (nSPS) is 15.4. The number of ether oxygens (including phenoxy) is 1. The van der Waals surface area contributed by atoms with E-state index >= 15 is 0 Å². The fraction of sp³-hybridized carbons (Fsp3) is 0.182. The molecule has 1 aliphatic rings. The maximum absolute atomic E-state index is 13.5. The second-order valence-electron chi connectivity index (χ2n) is 6.96. The van der Waals surface area contributed by atoms with Crippen molar-refractivity contribution in [2.75, 3.05) is 19.7 Å². The van der Waals surface area contributed by atoms with Crippen LogP contribution in [0, 0.1) is 5.82 Å². The molecule has 4 N–H and O–H groups in total. The largest absolute Gasteiger partial charge is 0.490 e. The third-order valence-electron chi connectivity index (χ3n) is 5.01. The third-order valence-corrected chi connectivity index (χ3v) is 5.29. The third kappa shape index (κ3) is 3.95. The van der Waals surface area contributed by atoms with Crippen molar-refractivity contribution in [2.24, 2.45) is 11.5 Å². The Balaban J connectivity index is 1.70. The van der Waals surface area contributed by atoms with Crippen molar-refractivity contribution in [2.45, 2.75) is 6.54 Å². The first kappa shape index (κ1) is 19.4. The summed E-state index contributed by atoms with van der Waals surface area (Å²) in [5, 5.41) is 1.39. The average molecular weight is 413 g/mol. The molecule has 4 rings (SSSR count). The van der Waals surface area contributed by atoms with Crippen LogP contribution >= 0.6 is 11.6 Å². The highest BCUT2D eigenvalue weighted by Gasteiger charge is 2.20. The maximum Gasteiger partial charge on any atom is 0.142 e. The van der Waals surface area contributed by atoms with E-state index < -0.39 is 0 Å². The molecule has 1 aromatic heterocycles. The van der Waals surface area contributed by atoms with Crippen molar-refractivity contribution in [3.05, 3.63) is 83.0 Å². The molecule has 0 spiro atoms. The van der Waals surface area contributed by atoms with E-state index in [1.54, 1.807) is 18.3 Å². The molecule has 0 radical (unpaired) electrons. The van der Waals surface area contributed by atoms with E-state index in [4.69, 9.17) is 27.8 Å². The zero-order valence-electron chi connectivity index (χ0n) is 15.8. The topological polar surface area (TPSA) is 69.4 Å². The van der Waals surface area contributed by atoms with Gasteiger partial charge in [-0.3, -0.25) is 4.90 Å². The maximum atomic E-state index is 13.5. The van der Waals surface area contributed by atoms with Gasteiger partial charge in [0.2, 0.25) is 0 Å². The number of halogens is 2. The van der Waals surface area contributed by atoms with E-state index in [1.807, 2.05) is 22.9 Å². The summed E-state index contributed by atoms with van der Waals surface area (Å²) in [7, 11) is 0. The molecule has 0 saturated carbocycles. The van der Waals surface area contributed by atoms with Gasteiger partial charge in [0.25, 0.3) is 0 Å². The van der Waals surface area contributed by atoms with Gasteiger partial charge in [-0.25, -0.2) is 4.39 Å². The standard InChI is InChI=1S/C22H22ClFN4O/c23-20-11-19(28-6-4-16-9-18(24)1-2-21(16)28)10-17-14-27(7-8-29-22(17)20)13-15(12-26)3-5-25/h1-6,9-12H,7-8,13-14,25-26H2/b5-3-,15-12+. The molecular weight excluding hydrogens is 391 g/mol. The predicted octanol–water partition coefficient (Wildman–Crippen LogP) is 3.93. The van der Waals surface area contributed by atoms with Gasteiger partial charge in [-0.1, -0.05) is 11.6 Å². The fourth-order valence-electron chi connectivity index (χ4n) is 3.67. The van der Waals surface area contributed by atoms with E-state index in [-0.39, 0.29) is 5.82 Å². The predicted molar refractivity (Wildman–Crippen MR) is 115 cm³/mol. The van der Waals surface area contributed by atoms with E-state index in [1.165, 1.54) is 18.3 Å². The van der Waals surface area contributed by atoms with Gasteiger partial charge in [-0.05, 0) is 60.4 Å². The number of nitrogens with two attached hydrogens (primary N) is 2. The molecule has 29 heavy (non-hydrogen) atoms. The Labute approximate surface area is 173 Å². The summed E-state index contributed by atoms with van der Waals surface area (Å²) in [5.41, 5.74) is 14.9. The Morgan fingerprint density at radius 3 is 2.86 bits per heavy atom. The Hall–Kier alpha value is -2.96. The first-order valence-electron chi connectivity index (χ1n) is 9.32. The van der Waals surface area contributed by atoms with Crippen molar-refractivity contribution < 1.29 is 9.13 Å². The van der Waals surface area contributed by atoms with Crippen LogP contribution < -0.4 is 16.2 Å². The van der Waals surface area contributed by atoms with Crippen LogP contribution in [-0.4, -0.2) is 29.2 Å². The lowest BCUT2D eigenvalue weighted by Crippen LogP contribution is -2.28. The minimum atomic E-state index is -0.255. The molecule has 0 fully saturated rings. The molecule has 1 aliphatic heterocycles. The summed E-state index contributed by atoms with van der Waals surface area (Å²) >= 11 is 6.57. The highest BCUT2D eigenvalue weighted by atomic mass is 35.5. The molecular formula is C22H22ClFN4O. The average Bonchev–Trinajstić information content (AvgIpc) is 3.00. The highest BCUT2D eigenvalue weighted by Crippen LogP contribution is 2.35. The Bertz CT molecular complexity index is 1110. The van der Waals surface area contributed by atoms with E-state index in [9.17, 15) is 4.39 Å². The fourth-order valence-corrected chi connectivity index (χ4v) is 3.95. The van der Waals surface area contributed by atoms with Crippen LogP contribution in [0.15, 0.2) is 66.6 Å². The minimum absolute atomic E-state index is 0.255. The summed E-state index contributed by atoms with van der Waals surface area (Å²) in [6.07, 6.45) is 6.75. The van der Waals surface area contributed by atoms with Crippen LogP contribution in [0.5, 0.6) is 5.75 Å². The Kier molecular flexibility index (Phi) is 5.47. The van der Waals surface area contributed by atoms with Crippen LogP contribution in [0.4, 0.5) is 4.39 Å². The molecule has 0 atom stereocenters. The van der Waals surface area contributed by atoms with Crippen LogP contribution in [0.1, 0.15) is 5.56 Å². The lowest BCUT2D eigenvalue weighted by atomic mass is 10.1. The first-order valence-corrected chi connectivity index (χ1v) is 9.70. The van der Waals surface area contributed by atoms with E-state index in [2.05, 4.69) is 11.0 Å². The van der Waals surface area contributed by atoms with Crippen molar-refractivity contribution in [1.29, 1.82) is 0 Å². The number of rotatable bonds is 4. The lowest BCUT2D eigenvalue weighted by Gasteiger charge is -2.20. The molecule has 0 saturated heterocycles. The first-order chi connectivity index (χ1) is 14.1. The smallest absolute Gasteiger partial charge is 0.142 e. The monoisotopic (exact) mass is 412 g/mol. The Morgan fingerprint density at radius 2 is 2.07 bits per heavy atom. The number of hydrogen-bond acceptors (Lipinski definition) is 4. The van der Waals surface area contributed by atoms with Crippen LogP contribution in [-0.2, 0) is 6.54 Å². The molecule has 0 amide bonds. The van der Waals surface area contributed by atoms with Crippen LogP contribution in [0.3, 0.4) is 0 Å². The number of fused-ring (bicyclic) bond motifs is 2. The minimum Gasteiger partial charge on any atom is -0.490 e. The molecule has 7 heteroatoms. The molecule has 5 nitrogen and oxygen atoms in total. The molecule has 0 unspecified atom stereocenters. The van der Waals surface area contributed by atoms with Crippen molar-refractivity contribution >= 4 is 22.5 Å². The summed E-state index contributed by atoms with van der Waals surface area (Å²) in [4.78, 5) is 2.23. The second-order valence-corrected chi connectivity index (χ2v) is 7.37. The SMILES string of the molecule is N/C=C\C(=C/N)CN1CCOc2c(Cl)cc(-n3ccc4cc(F)ccc43)cc2C1. The zero-order valence-corrected chi connectivity index (χ0v) is 16.6. The lowest BCUT2D eigenvalue weighted by molar-refractivity contribution is 0.240. The van der Waals surface area contributed by atoms with Crippen molar-refractivity contribution in [3.63, 3.8) is 0 Å². The van der Waals surface area contributed by atoms with Crippen LogP contribution in [0.25, 0.3) is 16.6 Å². The Morgan fingerprint density at radius 1 is 1.21 bits per heavy atom.